The summed E-state index contributed by atoms with van der Waals surface area (Å²) in [7, 11) is -2.97. The highest BCUT2D eigenvalue weighted by Crippen LogP contribution is 2.25. The predicted octanol–water partition coefficient (Wildman–Crippen LogP) is 2.73. The van der Waals surface area contributed by atoms with Crippen molar-refractivity contribution in [1.82, 2.24) is 19.4 Å². The lowest BCUT2D eigenvalue weighted by Crippen LogP contribution is -2.42. The van der Waals surface area contributed by atoms with Crippen LogP contribution in [0.25, 0.3) is 5.69 Å². The van der Waals surface area contributed by atoms with Crippen molar-refractivity contribution < 1.29 is 36.7 Å². The minimum Gasteiger partial charge on any atom is -0.480 e. The summed E-state index contributed by atoms with van der Waals surface area (Å²) in [5, 5.41) is 14.4. The summed E-state index contributed by atoms with van der Waals surface area (Å²) in [6, 6.07) is 8.06. The molecule has 2 amide bonds. The normalized spacial score (nSPS) is 12.2. The van der Waals surface area contributed by atoms with E-state index in [9.17, 15) is 41.9 Å². The van der Waals surface area contributed by atoms with Crippen molar-refractivity contribution in [3.63, 3.8) is 0 Å². The van der Waals surface area contributed by atoms with E-state index in [1.807, 2.05) is 4.72 Å². The van der Waals surface area contributed by atoms with Crippen molar-refractivity contribution in [2.45, 2.75) is 45.1 Å². The van der Waals surface area contributed by atoms with E-state index >= 15 is 4.39 Å². The molecule has 0 saturated heterocycles. The van der Waals surface area contributed by atoms with E-state index in [0.29, 0.717) is 23.5 Å². The Morgan fingerprint density at radius 3 is 2.20 bits per heavy atom. The van der Waals surface area contributed by atoms with Crippen LogP contribution in [0, 0.1) is 24.0 Å². The third-order valence-corrected chi connectivity index (χ3v) is 8.67. The number of carboxylic acids is 1. The third-order valence-electron chi connectivity index (χ3n) is 7.29. The van der Waals surface area contributed by atoms with Crippen LogP contribution in [-0.4, -0.2) is 51.5 Å². The van der Waals surface area contributed by atoms with Gasteiger partial charge >= 0.3 is 11.7 Å². The number of amides is 2. The maximum atomic E-state index is 15.0. The van der Waals surface area contributed by atoms with Gasteiger partial charge in [0.25, 0.3) is 21.5 Å². The van der Waals surface area contributed by atoms with Crippen LogP contribution >= 0.6 is 0 Å². The molecule has 4 N–H and O–H groups in total. The summed E-state index contributed by atoms with van der Waals surface area (Å²) >= 11 is 0. The summed E-state index contributed by atoms with van der Waals surface area (Å²) in [6.45, 7) is 6.67. The highest BCUT2D eigenvalue weighted by atomic mass is 32.2. The zero-order valence-corrected chi connectivity index (χ0v) is 27.7. The van der Waals surface area contributed by atoms with Crippen molar-refractivity contribution in [2.24, 2.45) is 12.5 Å². The number of aromatic nitrogens is 3. The van der Waals surface area contributed by atoms with Crippen molar-refractivity contribution in [1.29, 1.82) is 0 Å². The maximum absolute atomic E-state index is 15.0. The summed E-state index contributed by atoms with van der Waals surface area (Å²) < 4.78 is 59.8. The Hall–Kier alpha value is -5.71. The number of nitrogens with one attached hydrogen (secondary N) is 3. The van der Waals surface area contributed by atoms with Gasteiger partial charge in [0.15, 0.2) is 0 Å². The van der Waals surface area contributed by atoms with Crippen molar-refractivity contribution >= 4 is 39.2 Å². The molecule has 0 spiro atoms. The van der Waals surface area contributed by atoms with E-state index in [1.165, 1.54) is 48.1 Å². The minimum atomic E-state index is -4.45. The third kappa shape index (κ3) is 8.24. The molecule has 4 rings (SSSR count). The highest BCUT2D eigenvalue weighted by molar-refractivity contribution is 7.92. The van der Waals surface area contributed by atoms with E-state index in [1.54, 1.807) is 27.7 Å². The second kappa shape index (κ2) is 13.8. The Morgan fingerprint density at radius 2 is 1.63 bits per heavy atom. The average molecular weight is 699 g/mol. The maximum Gasteiger partial charge on any atom is 0.335 e. The largest absolute Gasteiger partial charge is 0.480 e. The molecule has 0 saturated carbocycles. The molecular weight excluding hydrogens is 666 g/mol. The topological polar surface area (TPSA) is 199 Å². The van der Waals surface area contributed by atoms with Crippen molar-refractivity contribution in [3.8, 4) is 5.69 Å². The molecule has 2 heterocycles. The van der Waals surface area contributed by atoms with E-state index in [2.05, 4.69) is 15.6 Å². The van der Waals surface area contributed by atoms with Gasteiger partial charge in [-0.15, -0.1) is 0 Å². The number of rotatable bonds is 10. The Morgan fingerprint density at radius 1 is 0.980 bits per heavy atom. The van der Waals surface area contributed by atoms with E-state index in [0.717, 1.165) is 16.7 Å². The van der Waals surface area contributed by atoms with Crippen molar-refractivity contribution in [2.75, 3.05) is 10.0 Å². The molecule has 14 nitrogen and oxygen atoms in total. The van der Waals surface area contributed by atoms with E-state index < -0.39 is 73.9 Å². The first-order valence-corrected chi connectivity index (χ1v) is 16.0. The summed E-state index contributed by atoms with van der Waals surface area (Å²) in [4.78, 5) is 65.6. The van der Waals surface area contributed by atoms with Crippen LogP contribution in [0.15, 0.2) is 75.3 Å². The number of carbonyl (C=O) groups is 3. The highest BCUT2D eigenvalue weighted by Gasteiger charge is 2.26. The fourth-order valence-corrected chi connectivity index (χ4v) is 5.38. The van der Waals surface area contributed by atoms with Crippen LogP contribution in [-0.2, 0) is 33.1 Å². The lowest BCUT2D eigenvalue weighted by atomic mass is 9.95. The van der Waals surface area contributed by atoms with Crippen LogP contribution in [0.3, 0.4) is 0 Å². The van der Waals surface area contributed by atoms with E-state index in [-0.39, 0.29) is 22.2 Å². The van der Waals surface area contributed by atoms with Gasteiger partial charge in [0, 0.05) is 48.1 Å². The molecule has 49 heavy (non-hydrogen) atoms. The molecular formula is C32H32F2N6O8S. The summed E-state index contributed by atoms with van der Waals surface area (Å²) in [5.41, 5.74) is -2.67. The SMILES string of the molecule is Cc1cc(=O)n(-c2ccc(C[C@H](NC(=O)c3cc(F)c(NS(=O)(=O)c4ccc(NC(=O)C(C)(C)C)cc4)cc3F)C(=O)O)nc2)c(=O)n1C. The Kier molecular flexibility index (Phi) is 10.2. The quantitative estimate of drug-likeness (QED) is 0.192. The molecule has 258 valence electrons. The number of sulfonamides is 1. The first-order valence-electron chi connectivity index (χ1n) is 14.5. The van der Waals surface area contributed by atoms with Gasteiger partial charge in [-0.1, -0.05) is 20.8 Å². The lowest BCUT2D eigenvalue weighted by Gasteiger charge is -2.18. The number of pyridine rings is 1. The van der Waals surface area contributed by atoms with Crippen LogP contribution in [0.1, 0.15) is 42.5 Å². The Balaban J connectivity index is 1.47. The number of aryl methyl sites for hydroxylation is 1. The molecule has 4 aromatic rings. The second-order valence-electron chi connectivity index (χ2n) is 12.0. The fourth-order valence-electron chi connectivity index (χ4n) is 4.33. The number of nitrogens with zero attached hydrogens (tertiary/aromatic N) is 3. The molecule has 0 aliphatic heterocycles. The lowest BCUT2D eigenvalue weighted by molar-refractivity contribution is -0.139. The fraction of sp³-hybridized carbons (Fsp3) is 0.250. The van der Waals surface area contributed by atoms with Crippen LogP contribution in [0.5, 0.6) is 0 Å². The van der Waals surface area contributed by atoms with Crippen LogP contribution in [0.4, 0.5) is 20.2 Å². The monoisotopic (exact) mass is 698 g/mol. The van der Waals surface area contributed by atoms with Gasteiger partial charge in [-0.05, 0) is 49.4 Å². The molecule has 0 fully saturated rings. The predicted molar refractivity (Wildman–Crippen MR) is 174 cm³/mol. The zero-order valence-electron chi connectivity index (χ0n) is 26.9. The van der Waals surface area contributed by atoms with Crippen LogP contribution in [0.2, 0.25) is 0 Å². The number of hydrogen-bond donors (Lipinski definition) is 4. The van der Waals surface area contributed by atoms with Gasteiger partial charge < -0.3 is 20.3 Å². The standard InChI is InChI=1S/C32H32F2N6O8S/c1-17-12-27(41)40(31(46)39(17)5)20-9-6-19(35-16-20)13-26(29(43)44)37-28(42)22-14-24(34)25(15-23(22)33)38-49(47,48)21-10-7-18(8-11-21)36-30(45)32(2,3)4/h6-12,14-16,26,38H,13H2,1-5H3,(H,36,45)(H,37,42)(H,43,44)/t26-/m0/s1. The average Bonchev–Trinajstić information content (AvgIpc) is 3.01. The zero-order chi connectivity index (χ0) is 36.4. The van der Waals surface area contributed by atoms with Crippen LogP contribution < -0.4 is 26.6 Å². The number of halogens is 2. The van der Waals surface area contributed by atoms with Gasteiger partial charge in [0.05, 0.1) is 28.0 Å². The number of benzene rings is 2. The van der Waals surface area contributed by atoms with Gasteiger partial charge in [-0.2, -0.15) is 0 Å². The Bertz CT molecular complexity index is 2180. The minimum absolute atomic E-state index is 0.111. The molecule has 2 aromatic carbocycles. The molecule has 2 aromatic heterocycles. The summed E-state index contributed by atoms with van der Waals surface area (Å²) in [6.07, 6.45) is 0.755. The van der Waals surface area contributed by atoms with Gasteiger partial charge in [-0.3, -0.25) is 24.1 Å². The first-order chi connectivity index (χ1) is 22.8. The molecule has 1 atom stereocenters. The van der Waals surface area contributed by atoms with Gasteiger partial charge in [0.2, 0.25) is 5.91 Å². The van der Waals surface area contributed by atoms with Crippen molar-refractivity contribution in [3.05, 3.63) is 110 Å². The molecule has 0 aliphatic carbocycles. The smallest absolute Gasteiger partial charge is 0.335 e. The molecule has 0 aliphatic rings. The van der Waals surface area contributed by atoms with Gasteiger partial charge in [0.1, 0.15) is 17.7 Å². The number of carbonyl (C=O) groups excluding carboxylic acids is 2. The number of anilines is 2. The number of carboxylic acid groups (broad SMARTS) is 1. The molecule has 0 unspecified atom stereocenters. The first kappa shape index (κ1) is 36.1. The number of aliphatic carboxylic acids is 1. The second-order valence-corrected chi connectivity index (χ2v) is 13.7. The van der Waals surface area contributed by atoms with E-state index in [4.69, 9.17) is 0 Å². The van der Waals surface area contributed by atoms with Gasteiger partial charge in [-0.25, -0.2) is 31.4 Å². The molecule has 0 bridgehead atoms. The molecule has 17 heteroatoms. The summed E-state index contributed by atoms with van der Waals surface area (Å²) in [5.74, 6) is -5.83. The Labute approximate surface area is 278 Å². The molecule has 0 radical (unpaired) electrons. The number of hydrogen-bond acceptors (Lipinski definition) is 8.